The topological polar surface area (TPSA) is 116 Å². The highest BCUT2D eigenvalue weighted by Crippen LogP contribution is 2.40. The van der Waals surface area contributed by atoms with Gasteiger partial charge in [-0.25, -0.2) is 4.79 Å². The molecule has 0 unspecified atom stereocenters. The number of alkyl halides is 3. The number of hydrogen-bond acceptors (Lipinski definition) is 6. The van der Waals surface area contributed by atoms with E-state index in [1.54, 1.807) is 35.2 Å². The highest BCUT2D eigenvalue weighted by atomic mass is 32.2. The highest BCUT2D eigenvalue weighted by molar-refractivity contribution is 8.00. The molecule has 0 spiro atoms. The van der Waals surface area contributed by atoms with Crippen LogP contribution in [-0.2, 0) is 6.54 Å². The molecule has 1 fully saturated rings. The van der Waals surface area contributed by atoms with Crippen LogP contribution < -0.4 is 10.6 Å². The Balaban J connectivity index is 1.49. The van der Waals surface area contributed by atoms with Crippen molar-refractivity contribution in [3.63, 3.8) is 0 Å². The molecule has 0 atom stereocenters. The van der Waals surface area contributed by atoms with E-state index in [0.717, 1.165) is 31.2 Å². The van der Waals surface area contributed by atoms with E-state index in [2.05, 4.69) is 52.0 Å². The van der Waals surface area contributed by atoms with Crippen LogP contribution in [0.15, 0.2) is 53.4 Å². The number of nitrogens with zero attached hydrogens (tertiary/aromatic N) is 4. The van der Waals surface area contributed by atoms with Gasteiger partial charge in [0.25, 0.3) is 11.9 Å². The second-order valence-electron chi connectivity index (χ2n) is 10.9. The Labute approximate surface area is 234 Å². The Morgan fingerprint density at radius 3 is 2.33 bits per heavy atom. The minimum Gasteiger partial charge on any atom is -0.317 e. The zero-order valence-corrected chi connectivity index (χ0v) is 23.3. The van der Waals surface area contributed by atoms with E-state index in [1.165, 1.54) is 18.2 Å². The maximum Gasteiger partial charge on any atom is 0.446 e. The summed E-state index contributed by atoms with van der Waals surface area (Å²) in [5.41, 5.74) is -2.76. The lowest BCUT2D eigenvalue weighted by Gasteiger charge is -2.41. The summed E-state index contributed by atoms with van der Waals surface area (Å²) < 4.78 is 38.6. The number of benzene rings is 2. The Hall–Kier alpha value is -3.61. The van der Waals surface area contributed by atoms with Crippen LogP contribution in [0.3, 0.4) is 0 Å². The quantitative estimate of drug-likeness (QED) is 0.270. The van der Waals surface area contributed by atoms with Gasteiger partial charge in [-0.1, -0.05) is 44.1 Å². The van der Waals surface area contributed by atoms with Crippen molar-refractivity contribution in [3.8, 4) is 0 Å². The van der Waals surface area contributed by atoms with E-state index in [9.17, 15) is 22.8 Å². The molecule has 1 heterocycles. The van der Waals surface area contributed by atoms with Gasteiger partial charge in [0, 0.05) is 28.7 Å². The summed E-state index contributed by atoms with van der Waals surface area (Å²) in [5.74, 6) is 0.196. The number of tetrazole rings is 1. The third kappa shape index (κ3) is 8.20. The van der Waals surface area contributed by atoms with Gasteiger partial charge in [-0.2, -0.15) is 18.4 Å². The van der Waals surface area contributed by atoms with Gasteiger partial charge in [0.05, 0.1) is 0 Å². The summed E-state index contributed by atoms with van der Waals surface area (Å²) in [6.45, 7) is 6.96. The number of H-pyrrole nitrogens is 1. The number of amides is 3. The second-order valence-corrected chi connectivity index (χ2v) is 12.0. The van der Waals surface area contributed by atoms with Gasteiger partial charge in [0.15, 0.2) is 0 Å². The average Bonchev–Trinajstić information content (AvgIpc) is 3.39. The number of rotatable bonds is 7. The van der Waals surface area contributed by atoms with Crippen LogP contribution in [0.4, 0.5) is 29.6 Å². The first-order valence-corrected chi connectivity index (χ1v) is 13.8. The lowest BCUT2D eigenvalue weighted by Crippen LogP contribution is -2.45. The number of thioether (sulfide) groups is 1. The summed E-state index contributed by atoms with van der Waals surface area (Å²) >= 11 is -0.223. The first-order chi connectivity index (χ1) is 18.9. The summed E-state index contributed by atoms with van der Waals surface area (Å²) in [7, 11) is 0. The number of aromatic nitrogens is 4. The number of halogens is 3. The fourth-order valence-corrected chi connectivity index (χ4v) is 5.53. The average molecular weight is 576 g/mol. The van der Waals surface area contributed by atoms with Crippen LogP contribution in [0.5, 0.6) is 0 Å². The van der Waals surface area contributed by atoms with Gasteiger partial charge in [0.1, 0.15) is 0 Å². The van der Waals surface area contributed by atoms with Gasteiger partial charge >= 0.3 is 11.5 Å². The molecular weight excluding hydrogens is 543 g/mol. The standard InChI is InChI=1S/C27H32F3N7O2S/c1-26(2,3)19-11-13-21(14-12-19)37(25(39)31-20-5-4-6-22(15-20)40-27(28,29)30)16-17-7-9-18(10-8-17)23(38)32-24-33-35-36-34-24/h4-10,15,19,21H,11-14,16H2,1-3H3,(H,31,39)(H2,32,33,34,35,36,38). The third-order valence-electron chi connectivity index (χ3n) is 7.08. The molecule has 0 saturated heterocycles. The molecule has 214 valence electrons. The summed E-state index contributed by atoms with van der Waals surface area (Å²) in [4.78, 5) is 27.7. The lowest BCUT2D eigenvalue weighted by molar-refractivity contribution is -0.0328. The van der Waals surface area contributed by atoms with Crippen LogP contribution in [0.2, 0.25) is 0 Å². The van der Waals surface area contributed by atoms with E-state index in [1.807, 2.05) is 0 Å². The number of nitrogens with one attached hydrogen (secondary N) is 3. The molecule has 1 saturated carbocycles. The van der Waals surface area contributed by atoms with Crippen molar-refractivity contribution < 1.29 is 22.8 Å². The largest absolute Gasteiger partial charge is 0.446 e. The second kappa shape index (κ2) is 12.3. The Bertz CT molecular complexity index is 1290. The molecule has 0 radical (unpaired) electrons. The van der Waals surface area contributed by atoms with Crippen LogP contribution >= 0.6 is 11.8 Å². The third-order valence-corrected chi connectivity index (χ3v) is 7.80. The molecule has 3 N–H and O–H groups in total. The van der Waals surface area contributed by atoms with Crippen molar-refractivity contribution in [2.75, 3.05) is 10.6 Å². The summed E-state index contributed by atoms with van der Waals surface area (Å²) in [5, 5.41) is 18.4. The molecule has 0 aliphatic heterocycles. The fraction of sp³-hybridized carbons (Fsp3) is 0.444. The van der Waals surface area contributed by atoms with Crippen LogP contribution in [0.1, 0.15) is 62.4 Å². The molecule has 2 aromatic carbocycles. The molecule has 4 rings (SSSR count). The van der Waals surface area contributed by atoms with Crippen molar-refractivity contribution in [3.05, 3.63) is 59.7 Å². The zero-order valence-electron chi connectivity index (χ0n) is 22.5. The number of hydrogen-bond donors (Lipinski definition) is 3. The smallest absolute Gasteiger partial charge is 0.317 e. The van der Waals surface area contributed by atoms with Crippen LogP contribution in [0.25, 0.3) is 0 Å². The predicted molar refractivity (Wildman–Crippen MR) is 147 cm³/mol. The van der Waals surface area contributed by atoms with E-state index in [4.69, 9.17) is 0 Å². The molecule has 13 heteroatoms. The first-order valence-electron chi connectivity index (χ1n) is 12.9. The van der Waals surface area contributed by atoms with E-state index in [0.29, 0.717) is 17.2 Å². The molecule has 0 bridgehead atoms. The minimum absolute atomic E-state index is 0.00257. The normalized spacial score (nSPS) is 17.8. The van der Waals surface area contributed by atoms with E-state index < -0.39 is 11.4 Å². The molecule has 1 aliphatic rings. The highest BCUT2D eigenvalue weighted by Gasteiger charge is 2.34. The summed E-state index contributed by atoms with van der Waals surface area (Å²) in [6, 6.07) is 12.2. The zero-order chi connectivity index (χ0) is 28.9. The first kappa shape index (κ1) is 29.4. The number of anilines is 2. The van der Waals surface area contributed by atoms with Gasteiger partial charge in [-0.05, 0) is 89.9 Å². The molecule has 9 nitrogen and oxygen atoms in total. The number of carbonyl (C=O) groups is 2. The van der Waals surface area contributed by atoms with Crippen LogP contribution in [0, 0.1) is 11.3 Å². The molecule has 40 heavy (non-hydrogen) atoms. The Morgan fingerprint density at radius 2 is 1.73 bits per heavy atom. The van der Waals surface area contributed by atoms with Gasteiger partial charge in [-0.3, -0.25) is 10.1 Å². The van der Waals surface area contributed by atoms with Crippen molar-refractivity contribution in [1.82, 2.24) is 25.5 Å². The minimum atomic E-state index is -4.42. The molecule has 1 aromatic heterocycles. The lowest BCUT2D eigenvalue weighted by atomic mass is 9.71. The monoisotopic (exact) mass is 575 g/mol. The maximum atomic E-state index is 13.5. The molecule has 3 amide bonds. The Kier molecular flexibility index (Phi) is 9.02. The van der Waals surface area contributed by atoms with Crippen molar-refractivity contribution in [2.45, 2.75) is 69.4 Å². The van der Waals surface area contributed by atoms with E-state index in [-0.39, 0.29) is 46.6 Å². The van der Waals surface area contributed by atoms with Gasteiger partial charge in [-0.15, -0.1) is 5.10 Å². The summed E-state index contributed by atoms with van der Waals surface area (Å²) in [6.07, 6.45) is 3.60. The maximum absolute atomic E-state index is 13.5. The number of urea groups is 1. The fourth-order valence-electron chi connectivity index (χ4n) is 4.93. The SMILES string of the molecule is CC(C)(C)C1CCC(N(Cc2ccc(C(=O)Nc3nn[nH]n3)cc2)C(=O)Nc2cccc(SC(F)(F)F)c2)CC1. The Morgan fingerprint density at radius 1 is 1.02 bits per heavy atom. The molecule has 3 aromatic rings. The van der Waals surface area contributed by atoms with Crippen molar-refractivity contribution >= 4 is 35.3 Å². The number of carbonyl (C=O) groups excluding carboxylic acids is 2. The van der Waals surface area contributed by atoms with Crippen LogP contribution in [-0.4, -0.2) is 49.0 Å². The molecule has 1 aliphatic carbocycles. The van der Waals surface area contributed by atoms with E-state index >= 15 is 0 Å². The van der Waals surface area contributed by atoms with Crippen molar-refractivity contribution in [2.24, 2.45) is 11.3 Å². The van der Waals surface area contributed by atoms with Gasteiger partial charge in [0.2, 0.25) is 0 Å². The van der Waals surface area contributed by atoms with Gasteiger partial charge < -0.3 is 10.2 Å². The number of aromatic amines is 1. The molecular formula is C27H32F3N7O2S. The van der Waals surface area contributed by atoms with Crippen molar-refractivity contribution in [1.29, 1.82) is 0 Å². The predicted octanol–water partition coefficient (Wildman–Crippen LogP) is 6.70.